The van der Waals surface area contributed by atoms with Gasteiger partial charge in [-0.25, -0.2) is 0 Å². The van der Waals surface area contributed by atoms with E-state index < -0.39 is 11.7 Å². The van der Waals surface area contributed by atoms with E-state index >= 15 is 0 Å². The minimum absolute atomic E-state index is 0.198. The zero-order chi connectivity index (χ0) is 11.1. The Labute approximate surface area is 86.3 Å². The molecule has 0 aliphatic carbocycles. The fourth-order valence-corrected chi connectivity index (χ4v) is 1.89. The summed E-state index contributed by atoms with van der Waals surface area (Å²) in [5, 5.41) is 3.10. The van der Waals surface area contributed by atoms with Crippen LogP contribution in [0.4, 0.5) is 18.9 Å². The second kappa shape index (κ2) is 3.43. The minimum Gasteiger partial charge on any atom is -0.385 e. The molecule has 0 saturated carbocycles. The average molecular weight is 215 g/mol. The van der Waals surface area contributed by atoms with Crippen LogP contribution in [-0.2, 0) is 6.18 Å². The monoisotopic (exact) mass is 215 g/mol. The van der Waals surface area contributed by atoms with E-state index in [1.54, 1.807) is 0 Å². The smallest absolute Gasteiger partial charge is 0.385 e. The molecule has 4 heteroatoms. The van der Waals surface area contributed by atoms with E-state index in [4.69, 9.17) is 0 Å². The molecule has 1 aliphatic heterocycles. The normalized spacial score (nSPS) is 20.7. The predicted molar refractivity (Wildman–Crippen MR) is 53.0 cm³/mol. The second-order valence-corrected chi connectivity index (χ2v) is 3.92. The van der Waals surface area contributed by atoms with Crippen molar-refractivity contribution in [2.24, 2.45) is 0 Å². The third kappa shape index (κ3) is 1.94. The molecule has 0 amide bonds. The topological polar surface area (TPSA) is 12.0 Å². The number of anilines is 1. The Balaban J connectivity index is 2.44. The highest BCUT2D eigenvalue weighted by atomic mass is 19.4. The molecule has 0 fully saturated rings. The zero-order valence-electron chi connectivity index (χ0n) is 8.36. The van der Waals surface area contributed by atoms with E-state index in [2.05, 4.69) is 5.32 Å². The van der Waals surface area contributed by atoms with Gasteiger partial charge < -0.3 is 5.32 Å². The van der Waals surface area contributed by atoms with Gasteiger partial charge in [0.05, 0.1) is 5.56 Å². The summed E-state index contributed by atoms with van der Waals surface area (Å²) in [5.74, 6) is 0.198. The van der Waals surface area contributed by atoms with Crippen molar-refractivity contribution in [3.05, 3.63) is 29.3 Å². The number of hydrogen-bond acceptors (Lipinski definition) is 1. The Morgan fingerprint density at radius 2 is 2.07 bits per heavy atom. The first-order valence-corrected chi connectivity index (χ1v) is 4.93. The molecule has 1 aromatic rings. The molecule has 1 atom stereocenters. The Morgan fingerprint density at radius 1 is 1.33 bits per heavy atom. The van der Waals surface area contributed by atoms with Gasteiger partial charge in [0.1, 0.15) is 0 Å². The van der Waals surface area contributed by atoms with Gasteiger partial charge in [0.25, 0.3) is 0 Å². The maximum atomic E-state index is 12.5. The molecule has 1 heterocycles. The third-order valence-corrected chi connectivity index (χ3v) is 2.80. The van der Waals surface area contributed by atoms with E-state index in [0.717, 1.165) is 30.3 Å². The fraction of sp³-hybridized carbons (Fsp3) is 0.455. The van der Waals surface area contributed by atoms with Gasteiger partial charge in [0.2, 0.25) is 0 Å². The second-order valence-electron chi connectivity index (χ2n) is 3.92. The van der Waals surface area contributed by atoms with Crippen molar-refractivity contribution in [1.29, 1.82) is 0 Å². The summed E-state index contributed by atoms with van der Waals surface area (Å²) in [4.78, 5) is 0. The van der Waals surface area contributed by atoms with Crippen molar-refractivity contribution >= 4 is 5.69 Å². The molecule has 0 bridgehead atoms. The Kier molecular flexibility index (Phi) is 2.37. The van der Waals surface area contributed by atoms with Crippen molar-refractivity contribution < 1.29 is 13.2 Å². The van der Waals surface area contributed by atoms with Gasteiger partial charge in [-0.2, -0.15) is 13.2 Å². The first-order valence-electron chi connectivity index (χ1n) is 4.93. The molecule has 2 rings (SSSR count). The van der Waals surface area contributed by atoms with Crippen LogP contribution in [0.1, 0.15) is 30.4 Å². The summed E-state index contributed by atoms with van der Waals surface area (Å²) in [6, 6.07) is 3.91. The standard InChI is InChI=1S/C11H12F3N/c1-7-4-5-15-10-3-2-8(6-9(7)10)11(12,13)14/h2-3,6-7,15H,4-5H2,1H3. The van der Waals surface area contributed by atoms with E-state index in [0.29, 0.717) is 0 Å². The SMILES string of the molecule is CC1CCNc2ccc(C(F)(F)F)cc21. The van der Waals surface area contributed by atoms with Crippen molar-refractivity contribution in [2.45, 2.75) is 25.4 Å². The van der Waals surface area contributed by atoms with Crippen LogP contribution >= 0.6 is 0 Å². The maximum absolute atomic E-state index is 12.5. The van der Waals surface area contributed by atoms with Gasteiger partial charge >= 0.3 is 6.18 Å². The lowest BCUT2D eigenvalue weighted by atomic mass is 9.91. The molecular formula is C11H12F3N. The van der Waals surface area contributed by atoms with Gasteiger partial charge in [-0.3, -0.25) is 0 Å². The highest BCUT2D eigenvalue weighted by Crippen LogP contribution is 2.36. The molecule has 0 aromatic heterocycles. The van der Waals surface area contributed by atoms with Crippen LogP contribution in [0.15, 0.2) is 18.2 Å². The zero-order valence-corrected chi connectivity index (χ0v) is 8.36. The van der Waals surface area contributed by atoms with E-state index in [1.165, 1.54) is 12.1 Å². The Morgan fingerprint density at radius 3 is 2.73 bits per heavy atom. The Bertz CT molecular complexity index is 371. The summed E-state index contributed by atoms with van der Waals surface area (Å²) in [6.45, 7) is 2.79. The van der Waals surface area contributed by atoms with Gasteiger partial charge in [-0.15, -0.1) is 0 Å². The van der Waals surface area contributed by atoms with Crippen LogP contribution in [0.25, 0.3) is 0 Å². The molecule has 82 valence electrons. The van der Waals surface area contributed by atoms with Gasteiger partial charge in [-0.1, -0.05) is 6.92 Å². The van der Waals surface area contributed by atoms with Crippen molar-refractivity contribution in [3.8, 4) is 0 Å². The lowest BCUT2D eigenvalue weighted by Gasteiger charge is -2.24. The summed E-state index contributed by atoms with van der Waals surface area (Å²) < 4.78 is 37.4. The van der Waals surface area contributed by atoms with Crippen LogP contribution in [0.5, 0.6) is 0 Å². The summed E-state index contributed by atoms with van der Waals surface area (Å²) in [7, 11) is 0. The van der Waals surface area contributed by atoms with E-state index in [9.17, 15) is 13.2 Å². The van der Waals surface area contributed by atoms with Crippen molar-refractivity contribution in [2.75, 3.05) is 11.9 Å². The number of hydrogen-bond donors (Lipinski definition) is 1. The van der Waals surface area contributed by atoms with Gasteiger partial charge in [-0.05, 0) is 36.1 Å². The number of nitrogens with one attached hydrogen (secondary N) is 1. The molecule has 1 nitrogen and oxygen atoms in total. The fourth-order valence-electron chi connectivity index (χ4n) is 1.89. The first kappa shape index (κ1) is 10.3. The molecule has 1 N–H and O–H groups in total. The highest BCUT2D eigenvalue weighted by Gasteiger charge is 2.31. The van der Waals surface area contributed by atoms with E-state index in [1.807, 2.05) is 6.92 Å². The van der Waals surface area contributed by atoms with Crippen molar-refractivity contribution in [3.63, 3.8) is 0 Å². The quantitative estimate of drug-likeness (QED) is 0.696. The van der Waals surface area contributed by atoms with Crippen LogP contribution in [0, 0.1) is 0 Å². The van der Waals surface area contributed by atoms with E-state index in [-0.39, 0.29) is 5.92 Å². The van der Waals surface area contributed by atoms with Crippen LogP contribution < -0.4 is 5.32 Å². The molecular weight excluding hydrogens is 203 g/mol. The molecule has 1 unspecified atom stereocenters. The minimum atomic E-state index is -4.24. The van der Waals surface area contributed by atoms with Crippen LogP contribution in [0.3, 0.4) is 0 Å². The van der Waals surface area contributed by atoms with Crippen LogP contribution in [0.2, 0.25) is 0 Å². The van der Waals surface area contributed by atoms with Crippen molar-refractivity contribution in [1.82, 2.24) is 0 Å². The number of alkyl halides is 3. The molecule has 1 aromatic carbocycles. The van der Waals surface area contributed by atoms with Crippen LogP contribution in [-0.4, -0.2) is 6.54 Å². The molecule has 0 radical (unpaired) electrons. The maximum Gasteiger partial charge on any atom is 0.416 e. The third-order valence-electron chi connectivity index (χ3n) is 2.80. The first-order chi connectivity index (χ1) is 6.98. The lowest BCUT2D eigenvalue weighted by molar-refractivity contribution is -0.137. The highest BCUT2D eigenvalue weighted by molar-refractivity contribution is 5.56. The van der Waals surface area contributed by atoms with Gasteiger partial charge in [0.15, 0.2) is 0 Å². The molecule has 0 saturated heterocycles. The summed E-state index contributed by atoms with van der Waals surface area (Å²) >= 11 is 0. The lowest BCUT2D eigenvalue weighted by Crippen LogP contribution is -2.16. The summed E-state index contributed by atoms with van der Waals surface area (Å²) in [6.07, 6.45) is -3.36. The molecule has 0 spiro atoms. The number of halogens is 3. The largest absolute Gasteiger partial charge is 0.416 e. The molecule has 15 heavy (non-hydrogen) atoms. The summed E-state index contributed by atoms with van der Waals surface area (Å²) in [5.41, 5.74) is 1.05. The number of benzene rings is 1. The average Bonchev–Trinajstić information content (AvgIpc) is 2.16. The van der Waals surface area contributed by atoms with Gasteiger partial charge in [0, 0.05) is 12.2 Å². The predicted octanol–water partition coefficient (Wildman–Crippen LogP) is 3.62. The Hall–Kier alpha value is -1.19. The number of fused-ring (bicyclic) bond motifs is 1. The molecule has 1 aliphatic rings. The number of rotatable bonds is 0.